The Labute approximate surface area is 116 Å². The van der Waals surface area contributed by atoms with Gasteiger partial charge >= 0.3 is 0 Å². The molecular formula is C14H17NO3S. The maximum atomic E-state index is 11.9. The summed E-state index contributed by atoms with van der Waals surface area (Å²) in [6.07, 6.45) is 0.955. The molecule has 1 saturated heterocycles. The molecule has 2 rings (SSSR count). The van der Waals surface area contributed by atoms with Gasteiger partial charge in [0, 0.05) is 10.4 Å². The van der Waals surface area contributed by atoms with Crippen molar-refractivity contribution < 1.29 is 14.6 Å². The fourth-order valence-corrected chi connectivity index (χ4v) is 2.81. The Morgan fingerprint density at radius 2 is 2.53 bits per heavy atom. The summed E-state index contributed by atoms with van der Waals surface area (Å²) in [4.78, 5) is 13.0. The lowest BCUT2D eigenvalue weighted by Gasteiger charge is -2.08. The number of ether oxygens (including phenoxy) is 1. The van der Waals surface area contributed by atoms with Crippen molar-refractivity contribution in [2.24, 2.45) is 5.92 Å². The first-order chi connectivity index (χ1) is 9.20. The number of carbonyl (C=O) groups excluding carboxylic acids is 1. The molecule has 1 aliphatic rings. The number of amides is 1. The zero-order valence-corrected chi connectivity index (χ0v) is 11.6. The molecule has 0 saturated carbocycles. The van der Waals surface area contributed by atoms with Gasteiger partial charge in [-0.2, -0.15) is 0 Å². The van der Waals surface area contributed by atoms with E-state index in [-0.39, 0.29) is 24.5 Å². The predicted molar refractivity (Wildman–Crippen MR) is 73.7 cm³/mol. The van der Waals surface area contributed by atoms with Crippen LogP contribution in [-0.2, 0) is 16.1 Å². The van der Waals surface area contributed by atoms with E-state index in [4.69, 9.17) is 9.84 Å². The Morgan fingerprint density at radius 1 is 1.68 bits per heavy atom. The molecule has 1 fully saturated rings. The van der Waals surface area contributed by atoms with Crippen LogP contribution >= 0.6 is 11.3 Å². The Bertz CT molecular complexity index is 500. The lowest BCUT2D eigenvalue weighted by atomic mass is 10.1. The van der Waals surface area contributed by atoms with Crippen LogP contribution in [0.3, 0.4) is 0 Å². The van der Waals surface area contributed by atoms with Crippen molar-refractivity contribution in [1.82, 2.24) is 5.32 Å². The topological polar surface area (TPSA) is 58.6 Å². The SMILES string of the molecule is CC1CC(C(=O)NCc2sccc2C#CCO)CO1. The molecular weight excluding hydrogens is 262 g/mol. The molecule has 0 aromatic carbocycles. The molecule has 1 aromatic rings. The molecule has 2 atom stereocenters. The van der Waals surface area contributed by atoms with Crippen LogP contribution in [0.5, 0.6) is 0 Å². The zero-order valence-electron chi connectivity index (χ0n) is 10.8. The smallest absolute Gasteiger partial charge is 0.225 e. The first-order valence-corrected chi connectivity index (χ1v) is 7.14. The summed E-state index contributed by atoms with van der Waals surface area (Å²) < 4.78 is 5.39. The Morgan fingerprint density at radius 3 is 3.21 bits per heavy atom. The summed E-state index contributed by atoms with van der Waals surface area (Å²) in [5, 5.41) is 13.5. The fourth-order valence-electron chi connectivity index (χ4n) is 2.04. The minimum Gasteiger partial charge on any atom is -0.384 e. The van der Waals surface area contributed by atoms with Crippen molar-refractivity contribution in [1.29, 1.82) is 0 Å². The minimum absolute atomic E-state index is 0.0399. The van der Waals surface area contributed by atoms with Gasteiger partial charge in [0.25, 0.3) is 0 Å². The highest BCUT2D eigenvalue weighted by Gasteiger charge is 2.28. The van der Waals surface area contributed by atoms with Gasteiger partial charge in [-0.1, -0.05) is 11.8 Å². The molecule has 19 heavy (non-hydrogen) atoms. The van der Waals surface area contributed by atoms with E-state index in [0.29, 0.717) is 13.2 Å². The van der Waals surface area contributed by atoms with E-state index in [1.165, 1.54) is 0 Å². The predicted octanol–water partition coefficient (Wildman–Crippen LogP) is 1.13. The third-order valence-corrected chi connectivity index (χ3v) is 3.96. The number of hydrogen-bond acceptors (Lipinski definition) is 4. The monoisotopic (exact) mass is 279 g/mol. The van der Waals surface area contributed by atoms with Crippen molar-refractivity contribution in [2.75, 3.05) is 13.2 Å². The van der Waals surface area contributed by atoms with Crippen LogP contribution in [0.2, 0.25) is 0 Å². The Balaban J connectivity index is 1.88. The van der Waals surface area contributed by atoms with Crippen molar-refractivity contribution in [3.63, 3.8) is 0 Å². The minimum atomic E-state index is -0.154. The zero-order chi connectivity index (χ0) is 13.7. The number of rotatable bonds is 3. The van der Waals surface area contributed by atoms with Crippen molar-refractivity contribution in [3.8, 4) is 11.8 Å². The number of aliphatic hydroxyl groups excluding tert-OH is 1. The number of hydrogen-bond donors (Lipinski definition) is 2. The van der Waals surface area contributed by atoms with Crippen LogP contribution in [0.1, 0.15) is 23.8 Å². The lowest BCUT2D eigenvalue weighted by Crippen LogP contribution is -2.30. The molecule has 0 radical (unpaired) electrons. The molecule has 1 aromatic heterocycles. The number of aliphatic hydroxyl groups is 1. The van der Waals surface area contributed by atoms with Gasteiger partial charge in [0.15, 0.2) is 0 Å². The van der Waals surface area contributed by atoms with Crippen LogP contribution in [0, 0.1) is 17.8 Å². The van der Waals surface area contributed by atoms with Gasteiger partial charge in [0.05, 0.1) is 25.2 Å². The molecule has 1 amide bonds. The molecule has 2 unspecified atom stereocenters. The van der Waals surface area contributed by atoms with Crippen molar-refractivity contribution in [2.45, 2.75) is 26.0 Å². The third-order valence-electron chi connectivity index (χ3n) is 3.04. The van der Waals surface area contributed by atoms with E-state index in [1.807, 2.05) is 18.4 Å². The standard InChI is InChI=1S/C14H17NO3S/c1-10-7-12(9-18-10)14(17)15-8-13-11(3-2-5-16)4-6-19-13/h4,6,10,12,16H,5,7-9H2,1H3,(H,15,17). The van der Waals surface area contributed by atoms with E-state index in [2.05, 4.69) is 17.2 Å². The van der Waals surface area contributed by atoms with Crippen molar-refractivity contribution >= 4 is 17.2 Å². The summed E-state index contributed by atoms with van der Waals surface area (Å²) in [6, 6.07) is 1.90. The van der Waals surface area contributed by atoms with E-state index < -0.39 is 0 Å². The molecule has 4 nitrogen and oxygen atoms in total. The van der Waals surface area contributed by atoms with Gasteiger partial charge in [-0.3, -0.25) is 4.79 Å². The van der Waals surface area contributed by atoms with Crippen LogP contribution in [0.15, 0.2) is 11.4 Å². The first kappa shape index (κ1) is 14.1. The number of thiophene rings is 1. The van der Waals surface area contributed by atoms with Gasteiger partial charge in [-0.25, -0.2) is 0 Å². The van der Waals surface area contributed by atoms with Gasteiger partial charge in [-0.05, 0) is 24.8 Å². The molecule has 2 N–H and O–H groups in total. The van der Waals surface area contributed by atoms with Gasteiger partial charge in [-0.15, -0.1) is 11.3 Å². The molecule has 2 heterocycles. The molecule has 5 heteroatoms. The lowest BCUT2D eigenvalue weighted by molar-refractivity contribution is -0.125. The highest BCUT2D eigenvalue weighted by atomic mass is 32.1. The Kier molecular flexibility index (Phi) is 4.97. The molecule has 0 bridgehead atoms. The van der Waals surface area contributed by atoms with Crippen molar-refractivity contribution in [3.05, 3.63) is 21.9 Å². The summed E-state index contributed by atoms with van der Waals surface area (Å²) in [7, 11) is 0. The number of carbonyl (C=O) groups is 1. The molecule has 102 valence electrons. The first-order valence-electron chi connectivity index (χ1n) is 6.26. The summed E-state index contributed by atoms with van der Waals surface area (Å²) in [6.45, 7) is 2.82. The third kappa shape index (κ3) is 3.80. The maximum absolute atomic E-state index is 11.9. The highest BCUT2D eigenvalue weighted by Crippen LogP contribution is 2.20. The van der Waals surface area contributed by atoms with Crippen LogP contribution in [0.25, 0.3) is 0 Å². The molecule has 0 aliphatic carbocycles. The second-order valence-electron chi connectivity index (χ2n) is 4.51. The van der Waals surface area contributed by atoms with Gasteiger partial charge < -0.3 is 15.2 Å². The normalized spacial score (nSPS) is 21.8. The van der Waals surface area contributed by atoms with E-state index >= 15 is 0 Å². The van der Waals surface area contributed by atoms with Gasteiger partial charge in [0.2, 0.25) is 5.91 Å². The Hall–Kier alpha value is -1.35. The summed E-state index contributed by atoms with van der Waals surface area (Å²) in [5.41, 5.74) is 0.871. The average molecular weight is 279 g/mol. The second-order valence-corrected chi connectivity index (χ2v) is 5.51. The van der Waals surface area contributed by atoms with Gasteiger partial charge in [0.1, 0.15) is 6.61 Å². The van der Waals surface area contributed by atoms with Crippen LogP contribution in [-0.4, -0.2) is 30.3 Å². The van der Waals surface area contributed by atoms with E-state index in [0.717, 1.165) is 16.9 Å². The summed E-state index contributed by atoms with van der Waals surface area (Å²) >= 11 is 1.55. The average Bonchev–Trinajstić information content (AvgIpc) is 3.02. The second kappa shape index (κ2) is 6.71. The summed E-state index contributed by atoms with van der Waals surface area (Å²) in [5.74, 6) is 5.50. The van der Waals surface area contributed by atoms with Crippen LogP contribution in [0.4, 0.5) is 0 Å². The maximum Gasteiger partial charge on any atom is 0.225 e. The molecule has 0 spiro atoms. The van der Waals surface area contributed by atoms with E-state index in [9.17, 15) is 4.79 Å². The largest absolute Gasteiger partial charge is 0.384 e. The fraction of sp³-hybridized carbons (Fsp3) is 0.500. The number of nitrogens with one attached hydrogen (secondary N) is 1. The highest BCUT2D eigenvalue weighted by molar-refractivity contribution is 7.10. The van der Waals surface area contributed by atoms with Crippen LogP contribution < -0.4 is 5.32 Å². The quantitative estimate of drug-likeness (QED) is 0.816. The molecule has 1 aliphatic heterocycles. The van der Waals surface area contributed by atoms with E-state index in [1.54, 1.807) is 11.3 Å².